The first-order chi connectivity index (χ1) is 12.4. The summed E-state index contributed by atoms with van der Waals surface area (Å²) < 4.78 is 33.0. The number of hydrogen-bond donors (Lipinski definition) is 1. The largest absolute Gasteiger partial charge is 0.379 e. The minimum atomic E-state index is -3.63. The summed E-state index contributed by atoms with van der Waals surface area (Å²) in [5.41, 5.74) is 1.17. The van der Waals surface area contributed by atoms with Crippen LogP contribution in [-0.2, 0) is 21.2 Å². The van der Waals surface area contributed by atoms with Crippen LogP contribution in [0.15, 0.2) is 23.1 Å². The van der Waals surface area contributed by atoms with E-state index in [2.05, 4.69) is 5.32 Å². The third kappa shape index (κ3) is 3.78. The fraction of sp³-hybridized carbons (Fsp3) is 0.611. The van der Waals surface area contributed by atoms with Crippen LogP contribution in [0.3, 0.4) is 0 Å². The van der Waals surface area contributed by atoms with Crippen LogP contribution >= 0.6 is 0 Å². The van der Waals surface area contributed by atoms with Crippen molar-refractivity contribution in [1.29, 1.82) is 0 Å². The molecule has 1 amide bonds. The van der Waals surface area contributed by atoms with Crippen LogP contribution in [0.5, 0.6) is 0 Å². The normalized spacial score (nSPS) is 22.4. The van der Waals surface area contributed by atoms with Gasteiger partial charge in [-0.25, -0.2) is 8.42 Å². The van der Waals surface area contributed by atoms with Gasteiger partial charge in [0.05, 0.1) is 18.1 Å². The maximum absolute atomic E-state index is 13.1. The summed E-state index contributed by atoms with van der Waals surface area (Å²) in [6.07, 6.45) is 0.595. The second-order valence-corrected chi connectivity index (χ2v) is 8.65. The first kappa shape index (κ1) is 19.3. The highest BCUT2D eigenvalue weighted by molar-refractivity contribution is 7.89. The molecule has 26 heavy (non-hydrogen) atoms. The fourth-order valence-corrected chi connectivity index (χ4v) is 5.18. The minimum Gasteiger partial charge on any atom is -0.379 e. The summed E-state index contributed by atoms with van der Waals surface area (Å²) in [7, 11) is -3.63. The maximum atomic E-state index is 13.1. The number of rotatable bonds is 4. The van der Waals surface area contributed by atoms with E-state index in [1.807, 2.05) is 18.7 Å². The van der Waals surface area contributed by atoms with Crippen LogP contribution in [-0.4, -0.2) is 75.5 Å². The lowest BCUT2D eigenvalue weighted by Crippen LogP contribution is -2.52. The third-order valence-electron chi connectivity index (χ3n) is 5.05. The molecule has 2 fully saturated rings. The molecular formula is C18H27N3O4S. The smallest absolute Gasteiger partial charge is 0.254 e. The van der Waals surface area contributed by atoms with Gasteiger partial charge in [0.2, 0.25) is 10.0 Å². The van der Waals surface area contributed by atoms with Crippen molar-refractivity contribution in [2.24, 2.45) is 0 Å². The molecule has 2 aliphatic rings. The lowest BCUT2D eigenvalue weighted by Gasteiger charge is -2.34. The monoisotopic (exact) mass is 381 g/mol. The van der Waals surface area contributed by atoms with Gasteiger partial charge in [0.25, 0.3) is 5.91 Å². The Bertz CT molecular complexity index is 760. The molecule has 144 valence electrons. The van der Waals surface area contributed by atoms with Crippen molar-refractivity contribution in [2.75, 3.05) is 45.9 Å². The number of piperazine rings is 1. The van der Waals surface area contributed by atoms with Crippen LogP contribution in [0.1, 0.15) is 29.8 Å². The number of carbonyl (C=O) groups is 1. The van der Waals surface area contributed by atoms with E-state index < -0.39 is 10.0 Å². The zero-order chi connectivity index (χ0) is 18.7. The van der Waals surface area contributed by atoms with Crippen molar-refractivity contribution in [3.05, 3.63) is 29.3 Å². The summed E-state index contributed by atoms with van der Waals surface area (Å²) in [6, 6.07) is 5.16. The molecule has 0 spiro atoms. The van der Waals surface area contributed by atoms with Crippen molar-refractivity contribution in [1.82, 2.24) is 14.5 Å². The second-order valence-electron chi connectivity index (χ2n) is 6.74. The summed E-state index contributed by atoms with van der Waals surface area (Å²) in [5.74, 6) is -0.111. The average Bonchev–Trinajstić information content (AvgIpc) is 2.68. The number of nitrogens with zero attached hydrogens (tertiary/aromatic N) is 2. The van der Waals surface area contributed by atoms with Gasteiger partial charge in [0, 0.05) is 44.3 Å². The molecule has 0 aliphatic carbocycles. The zero-order valence-electron chi connectivity index (χ0n) is 15.4. The molecule has 1 unspecified atom stereocenters. The molecular weight excluding hydrogens is 354 g/mol. The molecule has 7 nitrogen and oxygen atoms in total. The molecule has 0 aromatic heterocycles. The Kier molecular flexibility index (Phi) is 5.96. The Balaban J connectivity index is 1.95. The van der Waals surface area contributed by atoms with Crippen LogP contribution < -0.4 is 5.32 Å². The lowest BCUT2D eigenvalue weighted by atomic mass is 10.1. The molecule has 0 bridgehead atoms. The summed E-state index contributed by atoms with van der Waals surface area (Å²) in [6.45, 7) is 7.54. The number of amides is 1. The van der Waals surface area contributed by atoms with Gasteiger partial charge in [-0.15, -0.1) is 0 Å². The van der Waals surface area contributed by atoms with Gasteiger partial charge < -0.3 is 15.0 Å². The summed E-state index contributed by atoms with van der Waals surface area (Å²) >= 11 is 0. The van der Waals surface area contributed by atoms with E-state index in [4.69, 9.17) is 4.74 Å². The first-order valence-electron chi connectivity index (χ1n) is 9.17. The van der Waals surface area contributed by atoms with Gasteiger partial charge in [-0.2, -0.15) is 4.31 Å². The predicted octanol–water partition coefficient (Wildman–Crippen LogP) is 0.704. The lowest BCUT2D eigenvalue weighted by molar-refractivity contribution is 0.0655. The molecule has 1 N–H and O–H groups in total. The highest BCUT2D eigenvalue weighted by Gasteiger charge is 2.30. The predicted molar refractivity (Wildman–Crippen MR) is 98.8 cm³/mol. The number of morpholine rings is 1. The van der Waals surface area contributed by atoms with Gasteiger partial charge in [-0.05, 0) is 31.0 Å². The van der Waals surface area contributed by atoms with Crippen molar-refractivity contribution < 1.29 is 17.9 Å². The standard InChI is InChI=1S/C18H27N3O4S/c1-3-15-4-5-16(18(22)21-7-6-19-13-14(21)2)12-17(15)26(23,24)20-8-10-25-11-9-20/h4-5,12,14,19H,3,6-11,13H2,1-2H3. The molecule has 1 aromatic carbocycles. The van der Waals surface area contributed by atoms with E-state index in [-0.39, 0.29) is 16.8 Å². The number of carbonyl (C=O) groups excluding carboxylic acids is 1. The number of benzene rings is 1. The fourth-order valence-electron chi connectivity index (χ4n) is 3.45. The molecule has 8 heteroatoms. The molecule has 1 atom stereocenters. The van der Waals surface area contributed by atoms with E-state index in [9.17, 15) is 13.2 Å². The van der Waals surface area contributed by atoms with E-state index in [1.165, 1.54) is 4.31 Å². The van der Waals surface area contributed by atoms with Gasteiger partial charge in [0.15, 0.2) is 0 Å². The number of aryl methyl sites for hydroxylation is 1. The summed E-state index contributed by atoms with van der Waals surface area (Å²) in [5, 5.41) is 3.26. The topological polar surface area (TPSA) is 79.0 Å². The Morgan fingerprint density at radius 3 is 2.65 bits per heavy atom. The highest BCUT2D eigenvalue weighted by Crippen LogP contribution is 2.24. The first-order valence-corrected chi connectivity index (χ1v) is 10.6. The minimum absolute atomic E-state index is 0.0846. The number of hydrogen-bond acceptors (Lipinski definition) is 5. The second kappa shape index (κ2) is 8.04. The van der Waals surface area contributed by atoms with E-state index in [0.717, 1.165) is 18.7 Å². The third-order valence-corrected chi connectivity index (χ3v) is 7.03. The van der Waals surface area contributed by atoms with Crippen molar-refractivity contribution in [3.63, 3.8) is 0 Å². The summed E-state index contributed by atoms with van der Waals surface area (Å²) in [4.78, 5) is 15.0. The van der Waals surface area contributed by atoms with Gasteiger partial charge in [-0.1, -0.05) is 13.0 Å². The molecule has 1 aromatic rings. The van der Waals surface area contributed by atoms with Crippen molar-refractivity contribution in [3.8, 4) is 0 Å². The number of nitrogens with one attached hydrogen (secondary N) is 1. The molecule has 3 rings (SSSR count). The Morgan fingerprint density at radius 2 is 2.00 bits per heavy atom. The van der Waals surface area contributed by atoms with E-state index >= 15 is 0 Å². The van der Waals surface area contributed by atoms with Crippen LogP contribution in [0.2, 0.25) is 0 Å². The Hall–Kier alpha value is -1.48. The SMILES string of the molecule is CCc1ccc(C(=O)N2CCNCC2C)cc1S(=O)(=O)N1CCOCC1. The number of sulfonamides is 1. The zero-order valence-corrected chi connectivity index (χ0v) is 16.2. The molecule has 0 saturated carbocycles. The van der Waals surface area contributed by atoms with Crippen molar-refractivity contribution >= 4 is 15.9 Å². The quantitative estimate of drug-likeness (QED) is 0.831. The van der Waals surface area contributed by atoms with Crippen molar-refractivity contribution in [2.45, 2.75) is 31.2 Å². The molecule has 2 saturated heterocycles. The maximum Gasteiger partial charge on any atom is 0.254 e. The highest BCUT2D eigenvalue weighted by atomic mass is 32.2. The Labute approximate surface area is 155 Å². The van der Waals surface area contributed by atoms with Crippen LogP contribution in [0, 0.1) is 0 Å². The average molecular weight is 381 g/mol. The van der Waals surface area contributed by atoms with E-state index in [1.54, 1.807) is 18.2 Å². The van der Waals surface area contributed by atoms with E-state index in [0.29, 0.717) is 44.8 Å². The Morgan fingerprint density at radius 1 is 1.27 bits per heavy atom. The van der Waals surface area contributed by atoms with Gasteiger partial charge in [-0.3, -0.25) is 4.79 Å². The van der Waals surface area contributed by atoms with Crippen LogP contribution in [0.4, 0.5) is 0 Å². The number of ether oxygens (including phenoxy) is 1. The molecule has 2 heterocycles. The molecule has 0 radical (unpaired) electrons. The van der Waals surface area contributed by atoms with Gasteiger partial charge >= 0.3 is 0 Å². The van der Waals surface area contributed by atoms with Crippen LogP contribution in [0.25, 0.3) is 0 Å². The van der Waals surface area contributed by atoms with Gasteiger partial charge in [0.1, 0.15) is 0 Å². The molecule has 2 aliphatic heterocycles.